The molecule has 8 heteroatoms. The van der Waals surface area contributed by atoms with Gasteiger partial charge in [-0.2, -0.15) is 5.26 Å². The van der Waals surface area contributed by atoms with Crippen molar-refractivity contribution >= 4 is 62.3 Å². The molecular weight excluding hydrogens is 611 g/mol. The van der Waals surface area contributed by atoms with Crippen molar-refractivity contribution in [3.8, 4) is 17.6 Å². The summed E-state index contributed by atoms with van der Waals surface area (Å²) in [6.45, 7) is 0.424. The summed E-state index contributed by atoms with van der Waals surface area (Å²) in [7, 11) is 1.54. The van der Waals surface area contributed by atoms with E-state index in [-0.39, 0.29) is 24.3 Å². The Hall–Kier alpha value is -3.81. The van der Waals surface area contributed by atoms with Crippen LogP contribution >= 0.6 is 34.4 Å². The predicted molar refractivity (Wildman–Crippen MR) is 157 cm³/mol. The molecule has 188 valence electrons. The second-order valence-electron chi connectivity index (χ2n) is 8.54. The van der Waals surface area contributed by atoms with Gasteiger partial charge in [-0.15, -0.1) is 0 Å². The first-order valence-electron chi connectivity index (χ1n) is 11.7. The van der Waals surface area contributed by atoms with Crippen LogP contribution in [0.15, 0.2) is 83.8 Å². The van der Waals surface area contributed by atoms with Crippen LogP contribution in [-0.2, 0) is 17.9 Å². The third-order valence-corrected chi connectivity index (χ3v) is 7.80. The van der Waals surface area contributed by atoms with Crippen LogP contribution in [0.5, 0.6) is 11.5 Å². The summed E-state index contributed by atoms with van der Waals surface area (Å²) in [4.78, 5) is 27.5. The first-order chi connectivity index (χ1) is 18.5. The van der Waals surface area contributed by atoms with Gasteiger partial charge in [-0.3, -0.25) is 14.5 Å². The number of ether oxygens (including phenoxy) is 2. The largest absolute Gasteiger partial charge is 0.493 e. The van der Waals surface area contributed by atoms with E-state index < -0.39 is 0 Å². The molecule has 0 aromatic heterocycles. The van der Waals surface area contributed by atoms with E-state index in [0.29, 0.717) is 27.5 Å². The fourth-order valence-corrected chi connectivity index (χ4v) is 5.80. The minimum Gasteiger partial charge on any atom is -0.493 e. The van der Waals surface area contributed by atoms with Crippen LogP contribution in [0.3, 0.4) is 0 Å². The summed E-state index contributed by atoms with van der Waals surface area (Å²) in [5.74, 6) is 0.714. The summed E-state index contributed by atoms with van der Waals surface area (Å²) in [5.41, 5.74) is 2.93. The van der Waals surface area contributed by atoms with Gasteiger partial charge >= 0.3 is 0 Å². The Kier molecular flexibility index (Phi) is 7.67. The third-order valence-electron chi connectivity index (χ3n) is 6.09. The van der Waals surface area contributed by atoms with Crippen LogP contribution in [0.2, 0.25) is 0 Å². The highest BCUT2D eigenvalue weighted by Gasteiger charge is 2.35. The number of nitrogens with zero attached hydrogens (tertiary/aromatic N) is 2. The molecule has 4 aromatic rings. The van der Waals surface area contributed by atoms with Crippen LogP contribution in [0.25, 0.3) is 16.8 Å². The van der Waals surface area contributed by atoms with E-state index in [0.717, 1.165) is 37.2 Å². The number of halogens is 1. The molecular formula is C30H21IN2O4S. The molecule has 6 nitrogen and oxygen atoms in total. The van der Waals surface area contributed by atoms with E-state index in [1.54, 1.807) is 25.3 Å². The molecule has 1 fully saturated rings. The Morgan fingerprint density at radius 2 is 1.76 bits per heavy atom. The van der Waals surface area contributed by atoms with Gasteiger partial charge in [-0.25, -0.2) is 0 Å². The van der Waals surface area contributed by atoms with E-state index in [4.69, 9.17) is 9.47 Å². The van der Waals surface area contributed by atoms with Crippen molar-refractivity contribution in [3.05, 3.63) is 110 Å². The van der Waals surface area contributed by atoms with E-state index in [2.05, 4.69) is 28.7 Å². The monoisotopic (exact) mass is 632 g/mol. The lowest BCUT2D eigenvalue weighted by Gasteiger charge is -2.14. The van der Waals surface area contributed by atoms with Crippen LogP contribution in [-0.4, -0.2) is 23.2 Å². The van der Waals surface area contributed by atoms with E-state index in [9.17, 15) is 14.9 Å². The zero-order valence-corrected chi connectivity index (χ0v) is 23.3. The van der Waals surface area contributed by atoms with Gasteiger partial charge in [0.25, 0.3) is 11.1 Å². The predicted octanol–water partition coefficient (Wildman–Crippen LogP) is 7.14. The zero-order chi connectivity index (χ0) is 26.6. The second-order valence-corrected chi connectivity index (χ2v) is 10.7. The smallest absolute Gasteiger partial charge is 0.293 e. The van der Waals surface area contributed by atoms with Crippen LogP contribution < -0.4 is 9.47 Å². The third kappa shape index (κ3) is 5.39. The number of thioether (sulfide) groups is 1. The highest BCUT2D eigenvalue weighted by molar-refractivity contribution is 14.1. The van der Waals surface area contributed by atoms with Crippen molar-refractivity contribution in [2.24, 2.45) is 0 Å². The molecule has 0 N–H and O–H groups in total. The van der Waals surface area contributed by atoms with E-state index in [1.807, 2.05) is 66.7 Å². The molecule has 0 saturated carbocycles. The maximum absolute atomic E-state index is 13.1. The number of benzene rings is 4. The van der Waals surface area contributed by atoms with Crippen LogP contribution in [0, 0.1) is 14.9 Å². The number of carbonyl (C=O) groups excluding carboxylic acids is 2. The van der Waals surface area contributed by atoms with Gasteiger partial charge in [0.05, 0.1) is 33.8 Å². The highest BCUT2D eigenvalue weighted by atomic mass is 127. The first-order valence-corrected chi connectivity index (χ1v) is 13.6. The normalized spacial score (nSPS) is 14.2. The molecule has 1 aliphatic rings. The van der Waals surface area contributed by atoms with Crippen molar-refractivity contribution in [1.82, 2.24) is 4.90 Å². The number of nitriles is 1. The van der Waals surface area contributed by atoms with Gasteiger partial charge < -0.3 is 9.47 Å². The Bertz CT molecular complexity index is 1640. The van der Waals surface area contributed by atoms with Crippen LogP contribution in [0.4, 0.5) is 4.79 Å². The molecule has 0 radical (unpaired) electrons. The number of methoxy groups -OCH3 is 1. The summed E-state index contributed by atoms with van der Waals surface area (Å²) < 4.78 is 12.4. The molecule has 0 aliphatic carbocycles. The maximum atomic E-state index is 13.1. The summed E-state index contributed by atoms with van der Waals surface area (Å²) in [6.07, 6.45) is 1.70. The van der Waals surface area contributed by atoms with Crippen molar-refractivity contribution in [2.45, 2.75) is 13.2 Å². The first kappa shape index (κ1) is 25.8. The molecule has 38 heavy (non-hydrogen) atoms. The Morgan fingerprint density at radius 1 is 1.00 bits per heavy atom. The molecule has 4 aromatic carbocycles. The van der Waals surface area contributed by atoms with E-state index in [1.165, 1.54) is 4.90 Å². The van der Waals surface area contributed by atoms with Gasteiger partial charge in [0, 0.05) is 5.56 Å². The molecule has 0 bridgehead atoms. The number of imide groups is 1. The molecule has 5 rings (SSSR count). The quantitative estimate of drug-likeness (QED) is 0.159. The molecule has 1 aliphatic heterocycles. The lowest BCUT2D eigenvalue weighted by atomic mass is 10.1. The Labute approximate surface area is 238 Å². The van der Waals surface area contributed by atoms with Crippen molar-refractivity contribution in [2.75, 3.05) is 7.11 Å². The SMILES string of the molecule is COc1cc(/C=C2\SC(=O)N(Cc3ccc4ccccc4c3)C2=O)cc(I)c1OCc1ccccc1C#N. The molecule has 0 spiro atoms. The number of hydrogen-bond donors (Lipinski definition) is 0. The number of amides is 2. The Balaban J connectivity index is 1.35. The minimum atomic E-state index is -0.324. The van der Waals surface area contributed by atoms with Crippen LogP contribution in [0.1, 0.15) is 22.3 Å². The fraction of sp³-hybridized carbons (Fsp3) is 0.100. The lowest BCUT2D eigenvalue weighted by Crippen LogP contribution is -2.27. The van der Waals surface area contributed by atoms with Crippen molar-refractivity contribution in [3.63, 3.8) is 0 Å². The summed E-state index contributed by atoms with van der Waals surface area (Å²) in [6, 6.07) is 27.0. The van der Waals surface area contributed by atoms with Gasteiger partial charge in [0.15, 0.2) is 11.5 Å². The van der Waals surface area contributed by atoms with Crippen molar-refractivity contribution < 1.29 is 19.1 Å². The molecule has 0 atom stereocenters. The average molecular weight is 632 g/mol. The number of hydrogen-bond acceptors (Lipinski definition) is 6. The minimum absolute atomic E-state index is 0.211. The summed E-state index contributed by atoms with van der Waals surface area (Å²) in [5, 5.41) is 11.2. The molecule has 1 saturated heterocycles. The van der Waals surface area contributed by atoms with E-state index >= 15 is 0 Å². The topological polar surface area (TPSA) is 79.6 Å². The zero-order valence-electron chi connectivity index (χ0n) is 20.3. The van der Waals surface area contributed by atoms with Gasteiger partial charge in [-0.05, 0) is 86.6 Å². The van der Waals surface area contributed by atoms with Crippen molar-refractivity contribution in [1.29, 1.82) is 5.26 Å². The highest BCUT2D eigenvalue weighted by Crippen LogP contribution is 2.38. The van der Waals surface area contributed by atoms with Gasteiger partial charge in [0.1, 0.15) is 6.61 Å². The second kappa shape index (κ2) is 11.3. The standard InChI is InChI=1S/C30H21IN2O4S/c1-36-26-14-20(13-25(31)28(26)37-18-24-9-5-4-8-23(24)16-32)15-27-29(34)33(30(35)38-27)17-19-10-11-21-6-2-3-7-22(21)12-19/h2-15H,17-18H2,1H3/b27-15-. The number of rotatable bonds is 7. The van der Waals surface area contributed by atoms with Gasteiger partial charge in [0.2, 0.25) is 0 Å². The molecule has 0 unspecified atom stereocenters. The fourth-order valence-electron chi connectivity index (χ4n) is 4.18. The average Bonchev–Trinajstić information content (AvgIpc) is 3.19. The number of fused-ring (bicyclic) bond motifs is 1. The molecule has 2 amide bonds. The van der Waals surface area contributed by atoms with Gasteiger partial charge in [-0.1, -0.05) is 54.6 Å². The lowest BCUT2D eigenvalue weighted by molar-refractivity contribution is -0.123. The summed E-state index contributed by atoms with van der Waals surface area (Å²) >= 11 is 3.08. The molecule has 1 heterocycles. The maximum Gasteiger partial charge on any atom is 0.293 e. The number of carbonyl (C=O) groups is 2. The Morgan fingerprint density at radius 3 is 2.55 bits per heavy atom.